The molecule has 0 spiro atoms. The Bertz CT molecular complexity index is 1450. The summed E-state index contributed by atoms with van der Waals surface area (Å²) >= 11 is 0. The van der Waals surface area contributed by atoms with E-state index in [4.69, 9.17) is 0 Å². The van der Waals surface area contributed by atoms with Crippen LogP contribution in [0.15, 0.2) is 108 Å². The molecule has 1 atom stereocenters. The number of nitrogens with zero attached hydrogens (tertiary/aromatic N) is 1. The van der Waals surface area contributed by atoms with Gasteiger partial charge in [0.1, 0.15) is 5.82 Å². The smallest absolute Gasteiger partial charge is 0.264 e. The summed E-state index contributed by atoms with van der Waals surface area (Å²) in [4.78, 5) is 13.4. The third-order valence-electron chi connectivity index (χ3n) is 6.41. The van der Waals surface area contributed by atoms with Gasteiger partial charge in [-0.2, -0.15) is 0 Å². The van der Waals surface area contributed by atoms with Gasteiger partial charge in [-0.05, 0) is 72.5 Å². The Hall–Kier alpha value is -3.97. The second-order valence-electron chi connectivity index (χ2n) is 8.88. The Morgan fingerprint density at radius 1 is 0.889 bits per heavy atom. The molecule has 0 saturated carbocycles. The van der Waals surface area contributed by atoms with Crippen molar-refractivity contribution in [3.63, 3.8) is 0 Å². The van der Waals surface area contributed by atoms with Crippen LogP contribution >= 0.6 is 0 Å². The fraction of sp³-hybridized carbons (Fsp3) is 0.138. The topological polar surface area (TPSA) is 66.5 Å². The van der Waals surface area contributed by atoms with E-state index < -0.39 is 15.8 Å². The van der Waals surface area contributed by atoms with Crippen LogP contribution in [-0.4, -0.2) is 20.4 Å². The van der Waals surface area contributed by atoms with Crippen molar-refractivity contribution >= 4 is 21.6 Å². The molecule has 0 unspecified atom stereocenters. The number of nitrogens with one attached hydrogen (secondary N) is 1. The first kappa shape index (κ1) is 23.8. The minimum absolute atomic E-state index is 0.0268. The minimum atomic E-state index is -3.88. The number of sulfonamides is 1. The summed E-state index contributed by atoms with van der Waals surface area (Å²) in [6, 6.07) is 28.7. The van der Waals surface area contributed by atoms with E-state index in [0.29, 0.717) is 17.7 Å². The van der Waals surface area contributed by atoms with E-state index >= 15 is 0 Å². The lowest BCUT2D eigenvalue weighted by Gasteiger charge is -2.24. The van der Waals surface area contributed by atoms with Crippen molar-refractivity contribution < 1.29 is 17.6 Å². The van der Waals surface area contributed by atoms with Crippen molar-refractivity contribution in [3.05, 3.63) is 131 Å². The first-order valence-electron chi connectivity index (χ1n) is 11.7. The van der Waals surface area contributed by atoms with Crippen LogP contribution in [0.4, 0.5) is 10.1 Å². The van der Waals surface area contributed by atoms with Crippen LogP contribution in [0.3, 0.4) is 0 Å². The summed E-state index contributed by atoms with van der Waals surface area (Å²) in [5.41, 5.74) is 3.69. The normalized spacial score (nSPS) is 15.1. The molecule has 1 heterocycles. The molecule has 0 fully saturated rings. The molecule has 0 bridgehead atoms. The number of benzene rings is 4. The van der Waals surface area contributed by atoms with Crippen molar-refractivity contribution in [2.45, 2.75) is 30.3 Å². The van der Waals surface area contributed by atoms with Crippen molar-refractivity contribution in [1.82, 2.24) is 5.32 Å². The van der Waals surface area contributed by atoms with E-state index in [1.54, 1.807) is 18.2 Å². The third kappa shape index (κ3) is 4.50. The van der Waals surface area contributed by atoms with Gasteiger partial charge in [-0.3, -0.25) is 9.10 Å². The number of hydrogen-bond acceptors (Lipinski definition) is 3. The molecule has 0 radical (unpaired) electrons. The number of halogens is 1. The number of carbonyl (C=O) groups is 1. The molecule has 0 aromatic heterocycles. The van der Waals surface area contributed by atoms with Gasteiger partial charge in [-0.25, -0.2) is 12.8 Å². The molecule has 0 aliphatic carbocycles. The molecule has 1 N–H and O–H groups in total. The van der Waals surface area contributed by atoms with Crippen molar-refractivity contribution in [2.24, 2.45) is 0 Å². The van der Waals surface area contributed by atoms with Crippen molar-refractivity contribution in [2.75, 3.05) is 4.31 Å². The zero-order chi connectivity index (χ0) is 25.3. The van der Waals surface area contributed by atoms with Crippen LogP contribution in [0.25, 0.3) is 0 Å². The summed E-state index contributed by atoms with van der Waals surface area (Å²) in [5.74, 6) is -0.744. The average molecular weight is 501 g/mol. The first-order chi connectivity index (χ1) is 17.3. The van der Waals surface area contributed by atoms with E-state index in [-0.39, 0.29) is 22.9 Å². The standard InChI is InChI=1S/C29H25FN2O3S/c1-20-18-24-19-23(12-17-27(24)32(20)36(34,35)26-15-13-25(30)14-16-26)29(33)31-28(21-8-4-2-5-9-21)22-10-6-3-7-11-22/h2-17,19-20,28H,18H2,1H3,(H,31,33)/t20-/m1/s1. The average Bonchev–Trinajstić information content (AvgIpc) is 3.24. The maximum absolute atomic E-state index is 13.3. The summed E-state index contributed by atoms with van der Waals surface area (Å²) in [5, 5.41) is 3.13. The van der Waals surface area contributed by atoms with Crippen LogP contribution in [-0.2, 0) is 16.4 Å². The predicted octanol–water partition coefficient (Wildman–Crippen LogP) is 5.49. The van der Waals surface area contributed by atoms with Gasteiger partial charge in [0.25, 0.3) is 15.9 Å². The maximum atomic E-state index is 13.3. The van der Waals surface area contributed by atoms with Crippen LogP contribution in [0.5, 0.6) is 0 Å². The Morgan fingerprint density at radius 3 is 2.06 bits per heavy atom. The molecule has 7 heteroatoms. The van der Waals surface area contributed by atoms with Gasteiger partial charge in [0, 0.05) is 11.6 Å². The molecule has 182 valence electrons. The predicted molar refractivity (Wildman–Crippen MR) is 138 cm³/mol. The Labute approximate surface area is 210 Å². The van der Waals surface area contributed by atoms with Gasteiger partial charge in [0.15, 0.2) is 0 Å². The number of fused-ring (bicyclic) bond motifs is 1. The van der Waals surface area contributed by atoms with E-state index in [0.717, 1.165) is 28.8 Å². The molecule has 4 aromatic carbocycles. The molecule has 1 amide bonds. The monoisotopic (exact) mass is 500 g/mol. The minimum Gasteiger partial charge on any atom is -0.341 e. The molecule has 1 aliphatic rings. The number of hydrogen-bond donors (Lipinski definition) is 1. The molecule has 5 rings (SSSR count). The second-order valence-corrected chi connectivity index (χ2v) is 10.7. The van der Waals surface area contributed by atoms with Crippen LogP contribution < -0.4 is 9.62 Å². The van der Waals surface area contributed by atoms with E-state index in [9.17, 15) is 17.6 Å². The third-order valence-corrected chi connectivity index (χ3v) is 8.35. The van der Waals surface area contributed by atoms with E-state index in [2.05, 4.69) is 5.32 Å². The molecular weight excluding hydrogens is 475 g/mol. The van der Waals surface area contributed by atoms with Gasteiger partial charge < -0.3 is 5.32 Å². The molecule has 1 aliphatic heterocycles. The Kier molecular flexibility index (Phi) is 6.33. The zero-order valence-corrected chi connectivity index (χ0v) is 20.5. The number of anilines is 1. The fourth-order valence-electron chi connectivity index (χ4n) is 4.69. The largest absolute Gasteiger partial charge is 0.341 e. The first-order valence-corrected chi connectivity index (χ1v) is 13.1. The van der Waals surface area contributed by atoms with Gasteiger partial charge in [-0.1, -0.05) is 60.7 Å². The van der Waals surface area contributed by atoms with Gasteiger partial charge in [0.05, 0.1) is 16.6 Å². The summed E-state index contributed by atoms with van der Waals surface area (Å²) in [6.45, 7) is 1.82. The van der Waals surface area contributed by atoms with Crippen LogP contribution in [0, 0.1) is 5.82 Å². The second kappa shape index (κ2) is 9.59. The van der Waals surface area contributed by atoms with Crippen LogP contribution in [0.2, 0.25) is 0 Å². The number of rotatable bonds is 6. The van der Waals surface area contributed by atoms with Gasteiger partial charge in [-0.15, -0.1) is 0 Å². The lowest BCUT2D eigenvalue weighted by Crippen LogP contribution is -2.35. The zero-order valence-electron chi connectivity index (χ0n) is 19.6. The number of carbonyl (C=O) groups excluding carboxylic acids is 1. The highest BCUT2D eigenvalue weighted by molar-refractivity contribution is 7.92. The van der Waals surface area contributed by atoms with Crippen LogP contribution in [0.1, 0.15) is 40.0 Å². The molecule has 4 aromatic rings. The number of amides is 1. The van der Waals surface area contributed by atoms with Crippen molar-refractivity contribution in [1.29, 1.82) is 0 Å². The molecule has 36 heavy (non-hydrogen) atoms. The summed E-state index contributed by atoms with van der Waals surface area (Å²) in [6.07, 6.45) is 0.470. The van der Waals surface area contributed by atoms with Crippen molar-refractivity contribution in [3.8, 4) is 0 Å². The Morgan fingerprint density at radius 2 is 1.47 bits per heavy atom. The summed E-state index contributed by atoms with van der Waals surface area (Å²) < 4.78 is 41.3. The molecule has 0 saturated heterocycles. The van der Waals surface area contributed by atoms with Gasteiger partial charge in [0.2, 0.25) is 0 Å². The van der Waals surface area contributed by atoms with E-state index in [1.165, 1.54) is 16.4 Å². The highest BCUT2D eigenvalue weighted by Crippen LogP contribution is 2.37. The summed E-state index contributed by atoms with van der Waals surface area (Å²) in [7, 11) is -3.88. The molecule has 5 nitrogen and oxygen atoms in total. The SMILES string of the molecule is C[C@@H]1Cc2cc(C(=O)NC(c3ccccc3)c3ccccc3)ccc2N1S(=O)(=O)c1ccc(F)cc1. The fourth-order valence-corrected chi connectivity index (χ4v) is 6.39. The highest BCUT2D eigenvalue weighted by atomic mass is 32.2. The molecular formula is C29H25FN2O3S. The quantitative estimate of drug-likeness (QED) is 0.381. The Balaban J connectivity index is 1.44. The lowest BCUT2D eigenvalue weighted by molar-refractivity contribution is 0.0943. The van der Waals surface area contributed by atoms with Gasteiger partial charge >= 0.3 is 0 Å². The highest BCUT2D eigenvalue weighted by Gasteiger charge is 2.36. The van der Waals surface area contributed by atoms with E-state index in [1.807, 2.05) is 67.6 Å². The lowest BCUT2D eigenvalue weighted by atomic mass is 9.98. The maximum Gasteiger partial charge on any atom is 0.264 e.